The van der Waals surface area contributed by atoms with E-state index in [2.05, 4.69) is 15.4 Å². The lowest BCUT2D eigenvalue weighted by atomic mass is 9.97. The molecule has 27 heavy (non-hydrogen) atoms. The summed E-state index contributed by atoms with van der Waals surface area (Å²) in [5, 5.41) is 7.06. The van der Waals surface area contributed by atoms with Gasteiger partial charge in [-0.3, -0.25) is 9.69 Å². The van der Waals surface area contributed by atoms with Crippen molar-refractivity contribution in [3.8, 4) is 11.3 Å². The number of rotatable bonds is 6. The van der Waals surface area contributed by atoms with Crippen molar-refractivity contribution in [2.45, 2.75) is 25.9 Å². The highest BCUT2D eigenvalue weighted by Crippen LogP contribution is 2.21. The van der Waals surface area contributed by atoms with Crippen molar-refractivity contribution >= 4 is 5.91 Å². The molecule has 3 aromatic rings. The third-order valence-corrected chi connectivity index (χ3v) is 4.90. The molecule has 1 unspecified atom stereocenters. The Morgan fingerprint density at radius 2 is 2.11 bits per heavy atom. The predicted molar refractivity (Wildman–Crippen MR) is 100 cm³/mol. The van der Waals surface area contributed by atoms with Crippen LogP contribution in [0.1, 0.15) is 24.3 Å². The van der Waals surface area contributed by atoms with E-state index in [-0.39, 0.29) is 11.8 Å². The molecule has 1 amide bonds. The molecule has 1 saturated heterocycles. The van der Waals surface area contributed by atoms with Crippen LogP contribution in [0.5, 0.6) is 0 Å². The fraction of sp³-hybridized carbons (Fsp3) is 0.333. The standard InChI is InChI=1S/C21H23N3O3/c25-21(17-8-4-10-24(14-17)15-19-9-5-11-26-19)22-13-18-12-20(27-23-18)16-6-2-1-3-7-16/h1-3,5-7,9,11-12,17H,4,8,10,13-15H2,(H,22,25). The van der Waals surface area contributed by atoms with Gasteiger partial charge in [-0.25, -0.2) is 0 Å². The molecule has 6 nitrogen and oxygen atoms in total. The zero-order chi connectivity index (χ0) is 18.5. The van der Waals surface area contributed by atoms with Crippen LogP contribution in [-0.2, 0) is 17.9 Å². The molecule has 1 N–H and O–H groups in total. The number of aromatic nitrogens is 1. The molecule has 2 aromatic heterocycles. The maximum absolute atomic E-state index is 12.6. The van der Waals surface area contributed by atoms with Gasteiger partial charge in [-0.2, -0.15) is 0 Å². The van der Waals surface area contributed by atoms with Crippen molar-refractivity contribution in [2.24, 2.45) is 5.92 Å². The molecular weight excluding hydrogens is 342 g/mol. The summed E-state index contributed by atoms with van der Waals surface area (Å²) < 4.78 is 10.8. The van der Waals surface area contributed by atoms with E-state index in [0.717, 1.165) is 49.5 Å². The van der Waals surface area contributed by atoms with Crippen LogP contribution in [0.25, 0.3) is 11.3 Å². The Kier molecular flexibility index (Phi) is 5.34. The van der Waals surface area contributed by atoms with Crippen LogP contribution in [0.15, 0.2) is 63.7 Å². The highest BCUT2D eigenvalue weighted by Gasteiger charge is 2.26. The zero-order valence-electron chi connectivity index (χ0n) is 15.1. The van der Waals surface area contributed by atoms with Crippen LogP contribution in [0.3, 0.4) is 0 Å². The molecule has 0 aliphatic carbocycles. The second-order valence-electron chi connectivity index (χ2n) is 6.92. The number of hydrogen-bond donors (Lipinski definition) is 1. The van der Waals surface area contributed by atoms with Gasteiger partial charge >= 0.3 is 0 Å². The topological polar surface area (TPSA) is 71.5 Å². The van der Waals surface area contributed by atoms with Gasteiger partial charge < -0.3 is 14.3 Å². The molecule has 0 spiro atoms. The third kappa shape index (κ3) is 4.46. The number of likely N-dealkylation sites (tertiary alicyclic amines) is 1. The van der Waals surface area contributed by atoms with E-state index in [1.54, 1.807) is 6.26 Å². The summed E-state index contributed by atoms with van der Waals surface area (Å²) in [4.78, 5) is 14.9. The number of carbonyl (C=O) groups is 1. The summed E-state index contributed by atoms with van der Waals surface area (Å²) in [6.45, 7) is 2.87. The minimum atomic E-state index is -0.00536. The fourth-order valence-corrected chi connectivity index (χ4v) is 3.49. The molecule has 1 aliphatic heterocycles. The molecule has 1 aromatic carbocycles. The smallest absolute Gasteiger partial charge is 0.224 e. The molecule has 4 rings (SSSR count). The van der Waals surface area contributed by atoms with Gasteiger partial charge in [0.15, 0.2) is 5.76 Å². The van der Waals surface area contributed by atoms with Gasteiger partial charge in [-0.05, 0) is 31.5 Å². The number of benzene rings is 1. The average Bonchev–Trinajstić information content (AvgIpc) is 3.39. The SMILES string of the molecule is O=C(NCc1cc(-c2ccccc2)on1)C1CCCN(Cc2ccco2)C1. The molecule has 0 bridgehead atoms. The summed E-state index contributed by atoms with van der Waals surface area (Å²) in [5.74, 6) is 1.71. The van der Waals surface area contributed by atoms with Crippen LogP contribution in [0.2, 0.25) is 0 Å². The lowest BCUT2D eigenvalue weighted by molar-refractivity contribution is -0.127. The van der Waals surface area contributed by atoms with Crippen LogP contribution in [0, 0.1) is 5.92 Å². The maximum atomic E-state index is 12.6. The Balaban J connectivity index is 1.29. The first-order valence-electron chi connectivity index (χ1n) is 9.31. The van der Waals surface area contributed by atoms with Crippen molar-refractivity contribution in [1.82, 2.24) is 15.4 Å². The molecule has 140 valence electrons. The summed E-state index contributed by atoms with van der Waals surface area (Å²) >= 11 is 0. The third-order valence-electron chi connectivity index (χ3n) is 4.90. The molecular formula is C21H23N3O3. The summed E-state index contributed by atoms with van der Waals surface area (Å²) in [7, 11) is 0. The Morgan fingerprint density at radius 3 is 2.93 bits per heavy atom. The average molecular weight is 365 g/mol. The van der Waals surface area contributed by atoms with E-state index in [4.69, 9.17) is 8.94 Å². The van der Waals surface area contributed by atoms with Gasteiger partial charge in [0, 0.05) is 18.2 Å². The summed E-state index contributed by atoms with van der Waals surface area (Å²) in [6.07, 6.45) is 3.61. The lowest BCUT2D eigenvalue weighted by Gasteiger charge is -2.31. The second kappa shape index (κ2) is 8.22. The van der Waals surface area contributed by atoms with Gasteiger partial charge in [0.1, 0.15) is 11.5 Å². The van der Waals surface area contributed by atoms with Gasteiger partial charge in [0.05, 0.1) is 25.3 Å². The minimum Gasteiger partial charge on any atom is -0.468 e. The zero-order valence-corrected chi connectivity index (χ0v) is 15.1. The van der Waals surface area contributed by atoms with Crippen LogP contribution < -0.4 is 5.32 Å². The van der Waals surface area contributed by atoms with Crippen LogP contribution >= 0.6 is 0 Å². The Bertz CT molecular complexity index is 858. The lowest BCUT2D eigenvalue weighted by Crippen LogP contribution is -2.42. The van der Waals surface area contributed by atoms with E-state index in [1.165, 1.54) is 0 Å². The van der Waals surface area contributed by atoms with Crippen molar-refractivity contribution in [3.05, 3.63) is 66.2 Å². The quantitative estimate of drug-likeness (QED) is 0.724. The molecule has 0 saturated carbocycles. The largest absolute Gasteiger partial charge is 0.468 e. The predicted octanol–water partition coefficient (Wildman–Crippen LogP) is 3.46. The highest BCUT2D eigenvalue weighted by molar-refractivity contribution is 5.79. The summed E-state index contributed by atoms with van der Waals surface area (Å²) in [6, 6.07) is 15.6. The minimum absolute atomic E-state index is 0.00536. The van der Waals surface area contributed by atoms with Crippen molar-refractivity contribution in [3.63, 3.8) is 0 Å². The number of piperidine rings is 1. The first-order chi connectivity index (χ1) is 13.3. The van der Waals surface area contributed by atoms with Crippen molar-refractivity contribution < 1.29 is 13.7 Å². The van der Waals surface area contributed by atoms with E-state index in [0.29, 0.717) is 12.3 Å². The van der Waals surface area contributed by atoms with Crippen molar-refractivity contribution in [1.29, 1.82) is 0 Å². The summed E-state index contributed by atoms with van der Waals surface area (Å²) in [5.41, 5.74) is 1.70. The number of hydrogen-bond acceptors (Lipinski definition) is 5. The molecule has 1 aliphatic rings. The van der Waals surface area contributed by atoms with E-state index >= 15 is 0 Å². The van der Waals surface area contributed by atoms with Gasteiger partial charge in [0.2, 0.25) is 5.91 Å². The van der Waals surface area contributed by atoms with Gasteiger partial charge in [-0.1, -0.05) is 35.5 Å². The van der Waals surface area contributed by atoms with E-state index in [9.17, 15) is 4.79 Å². The number of carbonyl (C=O) groups excluding carboxylic acids is 1. The maximum Gasteiger partial charge on any atom is 0.224 e. The number of nitrogens with zero attached hydrogens (tertiary/aromatic N) is 2. The number of furan rings is 1. The second-order valence-corrected chi connectivity index (χ2v) is 6.92. The van der Waals surface area contributed by atoms with Crippen LogP contribution in [-0.4, -0.2) is 29.1 Å². The van der Waals surface area contributed by atoms with Gasteiger partial charge in [0.25, 0.3) is 0 Å². The Hall–Kier alpha value is -2.86. The normalized spacial score (nSPS) is 17.7. The van der Waals surface area contributed by atoms with E-state index in [1.807, 2.05) is 48.5 Å². The first-order valence-corrected chi connectivity index (χ1v) is 9.31. The van der Waals surface area contributed by atoms with Gasteiger partial charge in [-0.15, -0.1) is 0 Å². The van der Waals surface area contributed by atoms with Crippen LogP contribution in [0.4, 0.5) is 0 Å². The molecule has 3 heterocycles. The molecule has 0 radical (unpaired) electrons. The van der Waals surface area contributed by atoms with E-state index < -0.39 is 0 Å². The number of nitrogens with one attached hydrogen (secondary N) is 1. The van der Waals surface area contributed by atoms with Crippen molar-refractivity contribution in [2.75, 3.05) is 13.1 Å². The monoisotopic (exact) mass is 365 g/mol. The Labute approximate surface area is 158 Å². The first kappa shape index (κ1) is 17.5. The Morgan fingerprint density at radius 1 is 1.22 bits per heavy atom. The molecule has 1 fully saturated rings. The highest BCUT2D eigenvalue weighted by atomic mass is 16.5. The number of amides is 1. The fourth-order valence-electron chi connectivity index (χ4n) is 3.49. The molecule has 6 heteroatoms. The molecule has 1 atom stereocenters.